The van der Waals surface area contributed by atoms with E-state index in [1.54, 1.807) is 0 Å². The monoisotopic (exact) mass is 412 g/mol. The summed E-state index contributed by atoms with van der Waals surface area (Å²) in [6.45, 7) is 13.5. The van der Waals surface area contributed by atoms with Crippen LogP contribution in [0.3, 0.4) is 0 Å². The van der Waals surface area contributed by atoms with Crippen LogP contribution in [0.2, 0.25) is 0 Å². The highest BCUT2D eigenvalue weighted by atomic mass is 32.1. The van der Waals surface area contributed by atoms with Gasteiger partial charge in [0.2, 0.25) is 0 Å². The van der Waals surface area contributed by atoms with Gasteiger partial charge in [-0.25, -0.2) is 4.98 Å². The molecule has 1 heterocycles. The summed E-state index contributed by atoms with van der Waals surface area (Å²) in [6.07, 6.45) is 7.54. The van der Waals surface area contributed by atoms with E-state index in [2.05, 4.69) is 59.7 Å². The van der Waals surface area contributed by atoms with Gasteiger partial charge in [-0.1, -0.05) is 79.7 Å². The van der Waals surface area contributed by atoms with E-state index in [-0.39, 0.29) is 10.8 Å². The summed E-state index contributed by atoms with van der Waals surface area (Å²) in [5.41, 5.74) is 10.4. The second-order valence-corrected chi connectivity index (χ2v) is 11.7. The van der Waals surface area contributed by atoms with Crippen LogP contribution < -0.4 is 5.73 Å². The van der Waals surface area contributed by atoms with Crippen molar-refractivity contribution in [2.75, 3.05) is 0 Å². The average molecular weight is 413 g/mol. The van der Waals surface area contributed by atoms with Gasteiger partial charge in [-0.05, 0) is 46.4 Å². The molecule has 3 rings (SSSR count). The van der Waals surface area contributed by atoms with Crippen molar-refractivity contribution in [1.82, 2.24) is 4.98 Å². The number of benzene rings is 1. The third kappa shape index (κ3) is 5.28. The van der Waals surface area contributed by atoms with Crippen LogP contribution in [-0.2, 0) is 17.3 Å². The molecule has 1 aliphatic carbocycles. The van der Waals surface area contributed by atoms with Gasteiger partial charge in [0, 0.05) is 10.4 Å². The Balaban J connectivity index is 2.11. The summed E-state index contributed by atoms with van der Waals surface area (Å²) < 4.78 is 0. The van der Waals surface area contributed by atoms with Crippen LogP contribution >= 0.6 is 11.3 Å². The zero-order valence-corrected chi connectivity index (χ0v) is 19.7. The highest BCUT2D eigenvalue weighted by Gasteiger charge is 2.25. The summed E-state index contributed by atoms with van der Waals surface area (Å²) in [7, 11) is 0. The molecule has 1 aliphatic rings. The van der Waals surface area contributed by atoms with Crippen molar-refractivity contribution in [2.45, 2.75) is 90.9 Å². The smallest absolute Gasteiger partial charge is 0.277 e. The van der Waals surface area contributed by atoms with Crippen LogP contribution in [0.25, 0.3) is 11.3 Å². The fraction of sp³-hybridized carbons (Fsp3) is 0.600. The van der Waals surface area contributed by atoms with Crippen molar-refractivity contribution in [3.05, 3.63) is 39.2 Å². The van der Waals surface area contributed by atoms with Crippen molar-refractivity contribution >= 4 is 17.2 Å². The van der Waals surface area contributed by atoms with Crippen molar-refractivity contribution in [3.8, 4) is 11.3 Å². The van der Waals surface area contributed by atoms with E-state index < -0.39 is 5.91 Å². The third-order valence-corrected chi connectivity index (χ3v) is 7.14. The van der Waals surface area contributed by atoms with E-state index >= 15 is 0 Å². The topological polar surface area (TPSA) is 56.0 Å². The normalized spacial score (nSPS) is 16.2. The molecule has 1 aromatic heterocycles. The van der Waals surface area contributed by atoms with Gasteiger partial charge in [-0.2, -0.15) is 0 Å². The number of rotatable bonds is 4. The van der Waals surface area contributed by atoms with Gasteiger partial charge in [0.1, 0.15) is 0 Å². The molecule has 0 unspecified atom stereocenters. The molecule has 1 amide bonds. The largest absolute Gasteiger partial charge is 0.364 e. The Hall–Kier alpha value is -1.68. The van der Waals surface area contributed by atoms with Crippen molar-refractivity contribution in [2.24, 2.45) is 11.7 Å². The Morgan fingerprint density at radius 3 is 2.03 bits per heavy atom. The SMILES string of the molecule is CC(C)(C)c1cc(-c2nc(C(N)=O)sc2CC2CCCCC2)cc(C(C)(C)C)c1. The van der Waals surface area contributed by atoms with E-state index in [9.17, 15) is 4.79 Å². The maximum absolute atomic E-state index is 11.9. The van der Waals surface area contributed by atoms with Gasteiger partial charge in [-0.3, -0.25) is 4.79 Å². The molecule has 1 fully saturated rings. The number of hydrogen-bond donors (Lipinski definition) is 1. The quantitative estimate of drug-likeness (QED) is 0.613. The Labute approximate surface area is 180 Å². The van der Waals surface area contributed by atoms with Crippen LogP contribution in [0.4, 0.5) is 0 Å². The minimum Gasteiger partial charge on any atom is -0.364 e. The van der Waals surface area contributed by atoms with Gasteiger partial charge in [0.05, 0.1) is 5.69 Å². The Morgan fingerprint density at radius 1 is 1.00 bits per heavy atom. The minimum atomic E-state index is -0.422. The highest BCUT2D eigenvalue weighted by molar-refractivity contribution is 7.14. The number of amides is 1. The van der Waals surface area contributed by atoms with Crippen LogP contribution in [0, 0.1) is 5.92 Å². The van der Waals surface area contributed by atoms with E-state index in [1.807, 2.05) is 0 Å². The summed E-state index contributed by atoms with van der Waals surface area (Å²) in [4.78, 5) is 17.9. The molecule has 0 atom stereocenters. The Kier molecular flexibility index (Phi) is 6.24. The van der Waals surface area contributed by atoms with E-state index in [0.717, 1.165) is 17.7 Å². The number of nitrogens with two attached hydrogens (primary N) is 1. The summed E-state index contributed by atoms with van der Waals surface area (Å²) >= 11 is 1.50. The molecule has 0 saturated heterocycles. The second-order valence-electron chi connectivity index (χ2n) is 10.7. The minimum absolute atomic E-state index is 0.0437. The molecule has 0 bridgehead atoms. The van der Waals surface area contributed by atoms with Crippen LogP contribution in [0.15, 0.2) is 18.2 Å². The first kappa shape index (κ1) is 22.0. The van der Waals surface area contributed by atoms with Crippen molar-refractivity contribution in [3.63, 3.8) is 0 Å². The molecule has 29 heavy (non-hydrogen) atoms. The number of carbonyl (C=O) groups excluding carboxylic acids is 1. The number of nitrogens with zero attached hydrogens (tertiary/aromatic N) is 1. The maximum Gasteiger partial charge on any atom is 0.277 e. The lowest BCUT2D eigenvalue weighted by atomic mass is 9.79. The number of aromatic nitrogens is 1. The maximum atomic E-state index is 11.9. The highest BCUT2D eigenvalue weighted by Crippen LogP contribution is 2.38. The van der Waals surface area contributed by atoms with Crippen LogP contribution in [0.1, 0.15) is 99.5 Å². The molecular formula is C25H36N2OS. The fourth-order valence-corrected chi connectivity index (χ4v) is 5.15. The number of primary amides is 1. The first-order chi connectivity index (χ1) is 13.4. The summed E-state index contributed by atoms with van der Waals surface area (Å²) in [5.74, 6) is 0.269. The third-order valence-electron chi connectivity index (χ3n) is 6.05. The molecular weight excluding hydrogens is 376 g/mol. The van der Waals surface area contributed by atoms with Gasteiger partial charge in [-0.15, -0.1) is 11.3 Å². The molecule has 1 aromatic carbocycles. The predicted octanol–water partition coefficient (Wildman–Crippen LogP) is 6.63. The van der Waals surface area contributed by atoms with Gasteiger partial charge >= 0.3 is 0 Å². The lowest BCUT2D eigenvalue weighted by molar-refractivity contribution is 0.1000. The van der Waals surface area contributed by atoms with Crippen molar-refractivity contribution in [1.29, 1.82) is 0 Å². The zero-order valence-electron chi connectivity index (χ0n) is 18.9. The zero-order chi connectivity index (χ0) is 21.4. The predicted molar refractivity (Wildman–Crippen MR) is 124 cm³/mol. The Morgan fingerprint density at radius 2 is 1.55 bits per heavy atom. The van der Waals surface area contributed by atoms with Crippen LogP contribution in [-0.4, -0.2) is 10.9 Å². The average Bonchev–Trinajstić information content (AvgIpc) is 3.05. The van der Waals surface area contributed by atoms with E-state index in [1.165, 1.54) is 59.4 Å². The fourth-order valence-electron chi connectivity index (χ4n) is 4.10. The van der Waals surface area contributed by atoms with Gasteiger partial charge in [0.25, 0.3) is 5.91 Å². The van der Waals surface area contributed by atoms with E-state index in [0.29, 0.717) is 10.9 Å². The van der Waals surface area contributed by atoms with Crippen molar-refractivity contribution < 1.29 is 4.79 Å². The molecule has 1 saturated carbocycles. The first-order valence-corrected chi connectivity index (χ1v) is 11.7. The lowest BCUT2D eigenvalue weighted by Gasteiger charge is -2.26. The molecule has 2 aromatic rings. The van der Waals surface area contributed by atoms with E-state index in [4.69, 9.17) is 10.7 Å². The molecule has 0 radical (unpaired) electrons. The number of hydrogen-bond acceptors (Lipinski definition) is 3. The standard InChI is InChI=1S/C25H36N2OS/c1-24(2,3)18-13-17(14-19(15-18)25(4,5)6)21-20(29-23(27-21)22(26)28)12-16-10-8-7-9-11-16/h13-16H,7-12H2,1-6H3,(H2,26,28). The number of thiazole rings is 1. The Bertz CT molecular complexity index is 845. The lowest BCUT2D eigenvalue weighted by Crippen LogP contribution is -2.16. The summed E-state index contributed by atoms with van der Waals surface area (Å²) in [5, 5.41) is 0.435. The van der Waals surface area contributed by atoms with Gasteiger partial charge < -0.3 is 5.73 Å². The first-order valence-electron chi connectivity index (χ1n) is 10.9. The summed E-state index contributed by atoms with van der Waals surface area (Å²) in [6, 6.07) is 6.85. The molecule has 2 N–H and O–H groups in total. The molecule has 0 aliphatic heterocycles. The van der Waals surface area contributed by atoms with Crippen LogP contribution in [0.5, 0.6) is 0 Å². The molecule has 4 heteroatoms. The second kappa shape index (κ2) is 8.22. The van der Waals surface area contributed by atoms with Gasteiger partial charge in [0.15, 0.2) is 5.01 Å². The number of carbonyl (C=O) groups is 1. The molecule has 3 nitrogen and oxygen atoms in total. The molecule has 0 spiro atoms. The molecule has 158 valence electrons.